The van der Waals surface area contributed by atoms with Gasteiger partial charge < -0.3 is 14.6 Å². The van der Waals surface area contributed by atoms with Crippen LogP contribution in [0.3, 0.4) is 0 Å². The molecule has 0 aromatic rings. The Labute approximate surface area is 60.9 Å². The highest BCUT2D eigenvalue weighted by Crippen LogP contribution is 2.15. The summed E-state index contributed by atoms with van der Waals surface area (Å²) < 4.78 is 10.4. The maximum Gasteiger partial charge on any atom is 0.107 e. The van der Waals surface area contributed by atoms with Gasteiger partial charge in [0.1, 0.15) is 6.10 Å². The Morgan fingerprint density at radius 3 is 3.00 bits per heavy atom. The Hall–Kier alpha value is -0.120. The predicted molar refractivity (Wildman–Crippen MR) is 36.9 cm³/mol. The first-order chi connectivity index (χ1) is 4.88. The molecule has 0 amide bonds. The van der Waals surface area contributed by atoms with Crippen molar-refractivity contribution in [2.75, 3.05) is 20.3 Å². The fourth-order valence-electron chi connectivity index (χ4n) is 1.25. The van der Waals surface area contributed by atoms with E-state index in [1.807, 2.05) is 0 Å². The number of hydrogen-bond donors (Lipinski definition) is 1. The summed E-state index contributed by atoms with van der Waals surface area (Å²) in [5.74, 6) is 0. The molecule has 1 aliphatic heterocycles. The summed E-state index contributed by atoms with van der Waals surface area (Å²) in [4.78, 5) is 0. The van der Waals surface area contributed by atoms with E-state index in [9.17, 15) is 0 Å². The smallest absolute Gasteiger partial charge is 0.107 e. The number of aliphatic hydroxyl groups is 1. The van der Waals surface area contributed by atoms with Crippen LogP contribution in [0.15, 0.2) is 0 Å². The molecular weight excluding hydrogens is 132 g/mol. The number of ether oxygens (including phenoxy) is 2. The number of aliphatic hydroxyl groups excluding tert-OH is 1. The van der Waals surface area contributed by atoms with Crippen LogP contribution in [0.4, 0.5) is 0 Å². The van der Waals surface area contributed by atoms with E-state index < -0.39 is 0 Å². The fraction of sp³-hybridized carbons (Fsp3) is 1.00. The van der Waals surface area contributed by atoms with Crippen molar-refractivity contribution < 1.29 is 14.6 Å². The number of rotatable bonds is 2. The third-order valence-corrected chi connectivity index (χ3v) is 1.86. The third kappa shape index (κ3) is 1.68. The van der Waals surface area contributed by atoms with Gasteiger partial charge in [-0.25, -0.2) is 0 Å². The molecule has 2 atom stereocenters. The molecular formula is C7H14O3. The van der Waals surface area contributed by atoms with Crippen LogP contribution in [0, 0.1) is 0 Å². The minimum atomic E-state index is -0.0984. The van der Waals surface area contributed by atoms with Crippen LogP contribution in [0.5, 0.6) is 0 Å². The molecule has 1 heterocycles. The van der Waals surface area contributed by atoms with Crippen LogP contribution in [0.2, 0.25) is 0 Å². The summed E-state index contributed by atoms with van der Waals surface area (Å²) in [6, 6.07) is 0. The van der Waals surface area contributed by atoms with Gasteiger partial charge in [0, 0.05) is 13.7 Å². The molecule has 0 saturated carbocycles. The van der Waals surface area contributed by atoms with E-state index in [4.69, 9.17) is 14.6 Å². The minimum absolute atomic E-state index is 0.0680. The second-order valence-corrected chi connectivity index (χ2v) is 2.51. The fourth-order valence-corrected chi connectivity index (χ4v) is 1.25. The molecule has 0 aromatic carbocycles. The molecule has 3 heteroatoms. The van der Waals surface area contributed by atoms with Crippen molar-refractivity contribution in [3.8, 4) is 0 Å². The molecule has 1 saturated heterocycles. The predicted octanol–water partition coefficient (Wildman–Crippen LogP) is 0.173. The van der Waals surface area contributed by atoms with Crippen LogP contribution in [-0.2, 0) is 9.47 Å². The van der Waals surface area contributed by atoms with Crippen molar-refractivity contribution in [1.82, 2.24) is 0 Å². The van der Waals surface area contributed by atoms with Gasteiger partial charge in [0.15, 0.2) is 0 Å². The molecule has 0 spiro atoms. The monoisotopic (exact) mass is 146 g/mol. The lowest BCUT2D eigenvalue weighted by Crippen LogP contribution is -2.38. The van der Waals surface area contributed by atoms with Gasteiger partial charge in [-0.2, -0.15) is 0 Å². The molecule has 1 rings (SSSR count). The molecule has 0 bridgehead atoms. The molecule has 1 N–H and O–H groups in total. The topological polar surface area (TPSA) is 38.7 Å². The lowest BCUT2D eigenvalue weighted by Gasteiger charge is -2.28. The Morgan fingerprint density at radius 2 is 2.50 bits per heavy atom. The Morgan fingerprint density at radius 1 is 1.70 bits per heavy atom. The third-order valence-electron chi connectivity index (χ3n) is 1.86. The number of hydrogen-bond acceptors (Lipinski definition) is 3. The van der Waals surface area contributed by atoms with Crippen molar-refractivity contribution in [2.24, 2.45) is 0 Å². The van der Waals surface area contributed by atoms with Gasteiger partial charge in [0.2, 0.25) is 0 Å². The van der Waals surface area contributed by atoms with Crippen LogP contribution in [0.25, 0.3) is 0 Å². The molecule has 0 aromatic heterocycles. The van der Waals surface area contributed by atoms with Crippen molar-refractivity contribution >= 4 is 0 Å². The lowest BCUT2D eigenvalue weighted by molar-refractivity contribution is -0.109. The van der Waals surface area contributed by atoms with E-state index in [-0.39, 0.29) is 18.8 Å². The van der Waals surface area contributed by atoms with Gasteiger partial charge in [0.25, 0.3) is 0 Å². The van der Waals surface area contributed by atoms with E-state index in [2.05, 4.69) is 0 Å². The standard InChI is InChI=1S/C7H14O3/c1-9-6-3-2-4-10-7(6)5-8/h6-8H,2-5H2,1H3. The van der Waals surface area contributed by atoms with Gasteiger partial charge >= 0.3 is 0 Å². The molecule has 10 heavy (non-hydrogen) atoms. The van der Waals surface area contributed by atoms with Gasteiger partial charge in [-0.15, -0.1) is 0 Å². The van der Waals surface area contributed by atoms with Crippen molar-refractivity contribution in [2.45, 2.75) is 25.0 Å². The highest BCUT2D eigenvalue weighted by atomic mass is 16.5. The van der Waals surface area contributed by atoms with Crippen LogP contribution in [-0.4, -0.2) is 37.6 Å². The van der Waals surface area contributed by atoms with E-state index in [0.717, 1.165) is 19.4 Å². The Kier molecular flexibility index (Phi) is 3.12. The van der Waals surface area contributed by atoms with Gasteiger partial charge in [-0.3, -0.25) is 0 Å². The molecule has 3 nitrogen and oxygen atoms in total. The average molecular weight is 146 g/mol. The Bertz CT molecular complexity index is 82.9. The Balaban J connectivity index is 2.34. The van der Waals surface area contributed by atoms with Crippen molar-refractivity contribution in [3.05, 3.63) is 0 Å². The van der Waals surface area contributed by atoms with Crippen LogP contribution >= 0.6 is 0 Å². The zero-order valence-electron chi connectivity index (χ0n) is 6.25. The van der Waals surface area contributed by atoms with Crippen LogP contribution < -0.4 is 0 Å². The molecule has 1 aliphatic rings. The van der Waals surface area contributed by atoms with Gasteiger partial charge in [-0.1, -0.05) is 0 Å². The number of methoxy groups -OCH3 is 1. The van der Waals surface area contributed by atoms with Crippen molar-refractivity contribution in [1.29, 1.82) is 0 Å². The molecule has 2 unspecified atom stereocenters. The zero-order valence-corrected chi connectivity index (χ0v) is 6.25. The van der Waals surface area contributed by atoms with E-state index >= 15 is 0 Å². The minimum Gasteiger partial charge on any atom is -0.394 e. The van der Waals surface area contributed by atoms with Gasteiger partial charge in [0.05, 0.1) is 12.7 Å². The van der Waals surface area contributed by atoms with Crippen LogP contribution in [0.1, 0.15) is 12.8 Å². The second-order valence-electron chi connectivity index (χ2n) is 2.51. The lowest BCUT2D eigenvalue weighted by atomic mass is 10.1. The SMILES string of the molecule is COC1CCCOC1CO. The van der Waals surface area contributed by atoms with Crippen molar-refractivity contribution in [3.63, 3.8) is 0 Å². The molecule has 0 aliphatic carbocycles. The van der Waals surface area contributed by atoms with Gasteiger partial charge in [-0.05, 0) is 12.8 Å². The summed E-state index contributed by atoms with van der Waals surface area (Å²) in [7, 11) is 1.65. The first kappa shape index (κ1) is 7.98. The quantitative estimate of drug-likeness (QED) is 0.603. The molecule has 0 radical (unpaired) electrons. The summed E-state index contributed by atoms with van der Waals surface area (Å²) >= 11 is 0. The summed E-state index contributed by atoms with van der Waals surface area (Å²) in [5, 5.41) is 8.79. The van der Waals surface area contributed by atoms with E-state index in [0.29, 0.717) is 0 Å². The summed E-state index contributed by atoms with van der Waals surface area (Å²) in [5.41, 5.74) is 0. The maximum atomic E-state index is 8.79. The maximum absolute atomic E-state index is 8.79. The summed E-state index contributed by atoms with van der Waals surface area (Å²) in [6.07, 6.45) is 2.04. The highest BCUT2D eigenvalue weighted by Gasteiger charge is 2.24. The normalized spacial score (nSPS) is 34.2. The molecule has 60 valence electrons. The highest BCUT2D eigenvalue weighted by molar-refractivity contribution is 4.73. The second kappa shape index (κ2) is 3.91. The zero-order chi connectivity index (χ0) is 7.40. The van der Waals surface area contributed by atoms with E-state index in [1.54, 1.807) is 7.11 Å². The average Bonchev–Trinajstić information content (AvgIpc) is 2.04. The largest absolute Gasteiger partial charge is 0.394 e. The van der Waals surface area contributed by atoms with E-state index in [1.165, 1.54) is 0 Å². The molecule has 1 fully saturated rings. The summed E-state index contributed by atoms with van der Waals surface area (Å²) in [6.45, 7) is 0.823. The first-order valence-corrected chi connectivity index (χ1v) is 3.63. The first-order valence-electron chi connectivity index (χ1n) is 3.63.